The van der Waals surface area contributed by atoms with E-state index >= 15 is 0 Å². The van der Waals surface area contributed by atoms with Crippen LogP contribution in [-0.2, 0) is 5.41 Å². The molecule has 0 aliphatic rings. The van der Waals surface area contributed by atoms with Crippen LogP contribution in [0.25, 0.3) is 5.69 Å². The molecule has 0 spiro atoms. The van der Waals surface area contributed by atoms with Gasteiger partial charge in [0.2, 0.25) is 0 Å². The molecule has 0 radical (unpaired) electrons. The Balaban J connectivity index is 1.61. The second kappa shape index (κ2) is 11.8. The van der Waals surface area contributed by atoms with Crippen molar-refractivity contribution in [2.24, 2.45) is 0 Å². The predicted octanol–water partition coefficient (Wildman–Crippen LogP) is 6.59. The molecule has 0 unspecified atom stereocenters. The number of aromatic nitrogens is 2. The number of imidazole rings is 1. The van der Waals surface area contributed by atoms with E-state index in [-0.39, 0.29) is 5.82 Å². The quantitative estimate of drug-likeness (QED) is 0.160. The summed E-state index contributed by atoms with van der Waals surface area (Å²) in [6.07, 6.45) is 1.89. The third-order valence-corrected chi connectivity index (χ3v) is 7.39. The van der Waals surface area contributed by atoms with E-state index in [0.29, 0.717) is 23.9 Å². The highest BCUT2D eigenvalue weighted by Crippen LogP contribution is 2.39. The van der Waals surface area contributed by atoms with Gasteiger partial charge in [-0.05, 0) is 54.1 Å². The molecular formula is C30H34FN3O3S. The number of methoxy groups -OCH3 is 2. The SMILES string of the molecule is COc1ccc(C(C)(C)c2cnc(SCCOc3cccc(N(C)C)c3)n2-c2ccc(F)cc2)cc1OC. The topological polar surface area (TPSA) is 48.8 Å². The maximum Gasteiger partial charge on any atom is 0.172 e. The highest BCUT2D eigenvalue weighted by Gasteiger charge is 2.30. The lowest BCUT2D eigenvalue weighted by Gasteiger charge is -2.28. The van der Waals surface area contributed by atoms with Crippen molar-refractivity contribution in [1.29, 1.82) is 0 Å². The van der Waals surface area contributed by atoms with Gasteiger partial charge in [-0.25, -0.2) is 9.37 Å². The first kappa shape index (κ1) is 27.4. The molecule has 38 heavy (non-hydrogen) atoms. The van der Waals surface area contributed by atoms with Crippen molar-refractivity contribution in [2.75, 3.05) is 45.6 Å². The lowest BCUT2D eigenvalue weighted by molar-refractivity contribution is 0.344. The Morgan fingerprint density at radius 3 is 2.37 bits per heavy atom. The van der Waals surface area contributed by atoms with E-state index in [1.165, 1.54) is 12.1 Å². The van der Waals surface area contributed by atoms with Gasteiger partial charge in [0, 0.05) is 42.7 Å². The molecule has 8 heteroatoms. The molecule has 3 aromatic carbocycles. The molecule has 200 valence electrons. The molecule has 6 nitrogen and oxygen atoms in total. The Morgan fingerprint density at radius 1 is 0.947 bits per heavy atom. The smallest absolute Gasteiger partial charge is 0.172 e. The average molecular weight is 536 g/mol. The molecular weight excluding hydrogens is 501 g/mol. The van der Waals surface area contributed by atoms with Crippen LogP contribution in [0.15, 0.2) is 78.1 Å². The number of halogens is 1. The summed E-state index contributed by atoms with van der Waals surface area (Å²) in [6, 6.07) is 20.4. The standard InChI is InChI=1S/C30H34FN3O3S/c1-30(2,21-10-15-26(35-5)27(18-21)36-6)28-20-32-29(34(28)23-13-11-22(31)12-14-23)38-17-16-37-25-9-7-8-24(19-25)33(3)4/h7-15,18-20H,16-17H2,1-6H3. The van der Waals surface area contributed by atoms with Gasteiger partial charge >= 0.3 is 0 Å². The lowest BCUT2D eigenvalue weighted by atomic mass is 9.81. The van der Waals surface area contributed by atoms with Crippen molar-refractivity contribution >= 4 is 17.4 Å². The number of anilines is 1. The van der Waals surface area contributed by atoms with E-state index in [9.17, 15) is 4.39 Å². The van der Waals surface area contributed by atoms with Crippen LogP contribution in [0.4, 0.5) is 10.1 Å². The summed E-state index contributed by atoms with van der Waals surface area (Å²) in [6.45, 7) is 4.80. The van der Waals surface area contributed by atoms with Gasteiger partial charge in [-0.1, -0.05) is 37.7 Å². The van der Waals surface area contributed by atoms with Crippen LogP contribution >= 0.6 is 11.8 Å². The van der Waals surface area contributed by atoms with Gasteiger partial charge in [-0.3, -0.25) is 4.57 Å². The van der Waals surface area contributed by atoms with Gasteiger partial charge in [0.25, 0.3) is 0 Å². The number of nitrogens with zero attached hydrogens (tertiary/aromatic N) is 3. The van der Waals surface area contributed by atoms with Crippen molar-refractivity contribution in [1.82, 2.24) is 9.55 Å². The normalized spacial score (nSPS) is 11.3. The minimum absolute atomic E-state index is 0.280. The maximum absolute atomic E-state index is 13.8. The molecule has 0 saturated heterocycles. The second-order valence-electron chi connectivity index (χ2n) is 9.52. The molecule has 4 aromatic rings. The number of hydrogen-bond donors (Lipinski definition) is 0. The molecule has 1 heterocycles. The fraction of sp³-hybridized carbons (Fsp3) is 0.300. The minimum Gasteiger partial charge on any atom is -0.493 e. The zero-order valence-electron chi connectivity index (χ0n) is 22.7. The number of thioether (sulfide) groups is 1. The number of ether oxygens (including phenoxy) is 3. The summed E-state index contributed by atoms with van der Waals surface area (Å²) in [5, 5.41) is 0.811. The number of benzene rings is 3. The summed E-state index contributed by atoms with van der Waals surface area (Å²) in [5.74, 6) is 2.58. The summed E-state index contributed by atoms with van der Waals surface area (Å²) in [7, 11) is 7.26. The fourth-order valence-corrected chi connectivity index (χ4v) is 5.04. The number of hydrogen-bond acceptors (Lipinski definition) is 6. The molecule has 0 saturated carbocycles. The van der Waals surface area contributed by atoms with Gasteiger partial charge in [-0.2, -0.15) is 0 Å². The van der Waals surface area contributed by atoms with Gasteiger partial charge in [0.15, 0.2) is 16.7 Å². The average Bonchev–Trinajstić information content (AvgIpc) is 3.36. The summed E-state index contributed by atoms with van der Waals surface area (Å²) >= 11 is 1.60. The van der Waals surface area contributed by atoms with Gasteiger partial charge in [-0.15, -0.1) is 0 Å². The largest absolute Gasteiger partial charge is 0.493 e. The molecule has 0 atom stereocenters. The van der Waals surface area contributed by atoms with E-state index in [0.717, 1.165) is 33.5 Å². The Hall–Kier alpha value is -3.65. The van der Waals surface area contributed by atoms with Crippen LogP contribution in [0.2, 0.25) is 0 Å². The van der Waals surface area contributed by atoms with Crippen molar-refractivity contribution in [3.05, 3.63) is 90.0 Å². The zero-order valence-corrected chi connectivity index (χ0v) is 23.5. The molecule has 0 aliphatic heterocycles. The molecule has 1 aromatic heterocycles. The highest BCUT2D eigenvalue weighted by atomic mass is 32.2. The van der Waals surface area contributed by atoms with Crippen molar-refractivity contribution < 1.29 is 18.6 Å². The maximum atomic E-state index is 13.8. The highest BCUT2D eigenvalue weighted by molar-refractivity contribution is 7.99. The molecule has 4 rings (SSSR count). The zero-order chi connectivity index (χ0) is 27.3. The predicted molar refractivity (Wildman–Crippen MR) is 152 cm³/mol. The molecule has 0 aliphatic carbocycles. The van der Waals surface area contributed by atoms with Gasteiger partial charge in [0.05, 0.1) is 32.7 Å². The molecule has 0 fully saturated rings. The van der Waals surface area contributed by atoms with E-state index < -0.39 is 5.41 Å². The Kier molecular flexibility index (Phi) is 8.52. The molecule has 0 N–H and O–H groups in total. The van der Waals surface area contributed by atoms with E-state index in [2.05, 4.69) is 18.4 Å². The van der Waals surface area contributed by atoms with Crippen LogP contribution in [0.3, 0.4) is 0 Å². The molecule has 0 amide bonds. The Labute approximate surface area is 228 Å². The first-order chi connectivity index (χ1) is 18.2. The minimum atomic E-state index is -0.442. The Morgan fingerprint density at radius 2 is 1.68 bits per heavy atom. The van der Waals surface area contributed by atoms with Crippen molar-refractivity contribution in [3.8, 4) is 22.9 Å². The van der Waals surface area contributed by atoms with Gasteiger partial charge in [0.1, 0.15) is 11.6 Å². The first-order valence-corrected chi connectivity index (χ1v) is 13.3. The third kappa shape index (κ3) is 5.91. The summed E-state index contributed by atoms with van der Waals surface area (Å²) in [4.78, 5) is 6.82. The van der Waals surface area contributed by atoms with Crippen molar-refractivity contribution in [3.63, 3.8) is 0 Å². The Bertz CT molecular complexity index is 1370. The summed E-state index contributed by atoms with van der Waals surface area (Å²) in [5.41, 5.74) is 3.50. The molecule has 0 bridgehead atoms. The van der Waals surface area contributed by atoms with E-state index in [4.69, 9.17) is 19.2 Å². The van der Waals surface area contributed by atoms with Gasteiger partial charge < -0.3 is 19.1 Å². The van der Waals surface area contributed by atoms with Crippen LogP contribution in [0, 0.1) is 5.82 Å². The summed E-state index contributed by atoms with van der Waals surface area (Å²) < 4.78 is 32.9. The monoisotopic (exact) mass is 535 g/mol. The fourth-order valence-electron chi connectivity index (χ4n) is 4.23. The van der Waals surface area contributed by atoms with E-state index in [1.54, 1.807) is 38.1 Å². The first-order valence-electron chi connectivity index (χ1n) is 12.3. The third-order valence-electron chi connectivity index (χ3n) is 6.48. The van der Waals surface area contributed by atoms with E-state index in [1.807, 2.05) is 67.7 Å². The van der Waals surface area contributed by atoms with Crippen LogP contribution in [0.1, 0.15) is 25.1 Å². The second-order valence-corrected chi connectivity index (χ2v) is 10.6. The van der Waals surface area contributed by atoms with Crippen molar-refractivity contribution in [2.45, 2.75) is 24.4 Å². The lowest BCUT2D eigenvalue weighted by Crippen LogP contribution is -2.23. The van der Waals surface area contributed by atoms with Crippen LogP contribution in [0.5, 0.6) is 17.2 Å². The van der Waals surface area contributed by atoms with Crippen LogP contribution in [-0.4, -0.2) is 50.2 Å². The number of rotatable bonds is 11. The van der Waals surface area contributed by atoms with Crippen LogP contribution < -0.4 is 19.1 Å².